The van der Waals surface area contributed by atoms with Crippen LogP contribution in [0.1, 0.15) is 46.9 Å². The molecule has 2 aromatic rings. The Balaban J connectivity index is 1.95. The summed E-state index contributed by atoms with van der Waals surface area (Å²) in [4.78, 5) is 26.7. The van der Waals surface area contributed by atoms with Crippen molar-refractivity contribution < 1.29 is 19.4 Å². The number of amides is 1. The smallest absolute Gasteiger partial charge is 0.336 e. The molecule has 1 aliphatic rings. The molecule has 0 aliphatic carbocycles. The number of carboxylic acid groups (broad SMARTS) is 1. The fraction of sp³-hybridized carbons (Fsp3) is 0.364. The molecule has 0 bridgehead atoms. The van der Waals surface area contributed by atoms with Gasteiger partial charge < -0.3 is 14.7 Å². The van der Waals surface area contributed by atoms with Crippen LogP contribution in [0, 0.1) is 0 Å². The van der Waals surface area contributed by atoms with Gasteiger partial charge in [-0.3, -0.25) is 4.79 Å². The number of nitrogens with zero attached hydrogens (tertiary/aromatic N) is 1. The number of benzene rings is 2. The van der Waals surface area contributed by atoms with Crippen LogP contribution in [0.4, 0.5) is 0 Å². The van der Waals surface area contributed by atoms with Gasteiger partial charge in [-0.2, -0.15) is 0 Å². The lowest BCUT2D eigenvalue weighted by Crippen LogP contribution is -2.34. The van der Waals surface area contributed by atoms with Crippen molar-refractivity contribution in [2.75, 3.05) is 20.2 Å². The third kappa shape index (κ3) is 4.03. The van der Waals surface area contributed by atoms with Gasteiger partial charge in [-0.15, -0.1) is 0 Å². The molecule has 0 aromatic heterocycles. The molecule has 5 nitrogen and oxygen atoms in total. The van der Waals surface area contributed by atoms with E-state index in [9.17, 15) is 14.7 Å². The highest BCUT2D eigenvalue weighted by atomic mass is 16.5. The molecule has 1 saturated heterocycles. The summed E-state index contributed by atoms with van der Waals surface area (Å²) >= 11 is 0. The highest BCUT2D eigenvalue weighted by molar-refractivity contribution is 6.04. The lowest BCUT2D eigenvalue weighted by molar-refractivity contribution is -0.00537. The first-order chi connectivity index (χ1) is 12.9. The lowest BCUT2D eigenvalue weighted by atomic mass is 9.94. The Morgan fingerprint density at radius 3 is 2.19 bits per heavy atom. The van der Waals surface area contributed by atoms with Crippen molar-refractivity contribution in [1.29, 1.82) is 0 Å². The van der Waals surface area contributed by atoms with E-state index in [1.165, 1.54) is 0 Å². The monoisotopic (exact) mass is 367 g/mol. The maximum atomic E-state index is 13.3. The normalized spacial score (nSPS) is 20.1. The molecule has 5 heteroatoms. The molecule has 1 N–H and O–H groups in total. The van der Waals surface area contributed by atoms with Gasteiger partial charge in [0, 0.05) is 25.8 Å². The Morgan fingerprint density at radius 2 is 1.56 bits per heavy atom. The van der Waals surface area contributed by atoms with E-state index in [1.807, 2.05) is 23.1 Å². The van der Waals surface area contributed by atoms with Crippen molar-refractivity contribution in [2.45, 2.75) is 31.8 Å². The Hall–Kier alpha value is -2.66. The maximum Gasteiger partial charge on any atom is 0.336 e. The first-order valence-electron chi connectivity index (χ1n) is 9.21. The molecule has 0 saturated carbocycles. The van der Waals surface area contributed by atoms with Crippen LogP contribution in [0.3, 0.4) is 0 Å². The van der Waals surface area contributed by atoms with Crippen LogP contribution in [0.5, 0.6) is 0 Å². The minimum absolute atomic E-state index is 0.0638. The van der Waals surface area contributed by atoms with Crippen molar-refractivity contribution in [2.24, 2.45) is 0 Å². The van der Waals surface area contributed by atoms with Gasteiger partial charge in [0.05, 0.1) is 11.2 Å². The predicted molar refractivity (Wildman–Crippen MR) is 104 cm³/mol. The molecular formula is C22H25NO4. The topological polar surface area (TPSA) is 66.8 Å². The molecule has 142 valence electrons. The number of carbonyl (C=O) groups excluding carboxylic acids is 1. The second-order valence-electron chi connectivity index (χ2n) is 7.20. The van der Waals surface area contributed by atoms with Gasteiger partial charge in [0.25, 0.3) is 5.91 Å². The van der Waals surface area contributed by atoms with Crippen LogP contribution < -0.4 is 0 Å². The number of likely N-dealkylation sites (tertiary alicyclic amines) is 1. The minimum atomic E-state index is -1.00. The fourth-order valence-corrected chi connectivity index (χ4v) is 3.64. The van der Waals surface area contributed by atoms with Crippen molar-refractivity contribution in [3.63, 3.8) is 0 Å². The van der Waals surface area contributed by atoms with E-state index in [2.05, 4.69) is 6.92 Å². The highest BCUT2D eigenvalue weighted by Crippen LogP contribution is 2.30. The van der Waals surface area contributed by atoms with Crippen LogP contribution >= 0.6 is 0 Å². The quantitative estimate of drug-likeness (QED) is 0.884. The Labute approximate surface area is 159 Å². The van der Waals surface area contributed by atoms with Crippen molar-refractivity contribution in [3.8, 4) is 11.1 Å². The van der Waals surface area contributed by atoms with E-state index in [1.54, 1.807) is 37.4 Å². The summed E-state index contributed by atoms with van der Waals surface area (Å²) in [5.74, 6) is -1.07. The van der Waals surface area contributed by atoms with E-state index < -0.39 is 5.97 Å². The Morgan fingerprint density at radius 1 is 0.963 bits per heavy atom. The van der Waals surface area contributed by atoms with Gasteiger partial charge in [-0.1, -0.05) is 36.4 Å². The first-order valence-corrected chi connectivity index (χ1v) is 9.21. The molecule has 1 fully saturated rings. The zero-order chi connectivity index (χ0) is 19.4. The summed E-state index contributed by atoms with van der Waals surface area (Å²) in [6, 6.07) is 14.0. The zero-order valence-corrected chi connectivity index (χ0v) is 15.8. The summed E-state index contributed by atoms with van der Waals surface area (Å²) in [6.45, 7) is 3.38. The molecule has 1 atom stereocenters. The van der Waals surface area contributed by atoms with Gasteiger partial charge in [-0.25, -0.2) is 4.79 Å². The average Bonchev–Trinajstić information content (AvgIpc) is 2.90. The Kier molecular flexibility index (Phi) is 5.61. The van der Waals surface area contributed by atoms with Crippen LogP contribution in [-0.2, 0) is 4.74 Å². The molecular weight excluding hydrogens is 342 g/mol. The van der Waals surface area contributed by atoms with Crippen LogP contribution in [-0.4, -0.2) is 47.7 Å². The van der Waals surface area contributed by atoms with Gasteiger partial charge in [0.15, 0.2) is 0 Å². The molecule has 27 heavy (non-hydrogen) atoms. The molecule has 0 radical (unpaired) electrons. The number of ether oxygens (including phenoxy) is 1. The van der Waals surface area contributed by atoms with Crippen molar-refractivity contribution in [3.05, 3.63) is 59.7 Å². The van der Waals surface area contributed by atoms with Gasteiger partial charge in [0.1, 0.15) is 0 Å². The number of hydrogen-bond acceptors (Lipinski definition) is 3. The summed E-state index contributed by atoms with van der Waals surface area (Å²) < 4.78 is 5.62. The fourth-order valence-electron chi connectivity index (χ4n) is 3.64. The maximum absolute atomic E-state index is 13.3. The van der Waals surface area contributed by atoms with E-state index in [-0.39, 0.29) is 17.1 Å². The van der Waals surface area contributed by atoms with Gasteiger partial charge in [0.2, 0.25) is 0 Å². The number of methoxy groups -OCH3 is 1. The number of hydrogen-bond donors (Lipinski definition) is 1. The number of rotatable bonds is 4. The van der Waals surface area contributed by atoms with Crippen molar-refractivity contribution in [1.82, 2.24) is 4.90 Å². The van der Waals surface area contributed by atoms with Gasteiger partial charge >= 0.3 is 5.97 Å². The predicted octanol–water partition coefficient (Wildman–Crippen LogP) is 4.08. The third-order valence-corrected chi connectivity index (χ3v) is 5.43. The second-order valence-corrected chi connectivity index (χ2v) is 7.20. The summed E-state index contributed by atoms with van der Waals surface area (Å²) in [7, 11) is 1.72. The van der Waals surface area contributed by atoms with Crippen LogP contribution in [0.25, 0.3) is 11.1 Å². The molecule has 1 aliphatic heterocycles. The summed E-state index contributed by atoms with van der Waals surface area (Å²) in [5, 5.41) is 9.52. The molecule has 2 aromatic carbocycles. The molecule has 1 heterocycles. The van der Waals surface area contributed by atoms with E-state index in [4.69, 9.17) is 4.74 Å². The van der Waals surface area contributed by atoms with Crippen LogP contribution in [0.15, 0.2) is 48.5 Å². The van der Waals surface area contributed by atoms with E-state index in [0.717, 1.165) is 19.3 Å². The molecule has 3 rings (SSSR count). The standard InChI is InChI=1S/C22H25NO4/c1-22(27-2)12-7-14-23(15-13-22)20(24)18-10-5-3-8-16(18)17-9-4-6-11-19(17)21(25)26/h3-6,8-11H,7,12-15H2,1-2H3,(H,25,26). The molecule has 1 amide bonds. The van der Waals surface area contributed by atoms with Gasteiger partial charge in [-0.05, 0) is 49.4 Å². The summed E-state index contributed by atoms with van der Waals surface area (Å²) in [6.07, 6.45) is 2.57. The van der Waals surface area contributed by atoms with Crippen molar-refractivity contribution >= 4 is 11.9 Å². The van der Waals surface area contributed by atoms with E-state index >= 15 is 0 Å². The zero-order valence-electron chi connectivity index (χ0n) is 15.8. The number of carbonyl (C=O) groups is 2. The first kappa shape index (κ1) is 19.1. The number of carboxylic acids is 1. The molecule has 0 spiro atoms. The highest BCUT2D eigenvalue weighted by Gasteiger charge is 2.30. The molecule has 1 unspecified atom stereocenters. The van der Waals surface area contributed by atoms with E-state index in [0.29, 0.717) is 29.8 Å². The Bertz CT molecular complexity index is 848. The third-order valence-electron chi connectivity index (χ3n) is 5.43. The average molecular weight is 367 g/mol. The second kappa shape index (κ2) is 7.92. The minimum Gasteiger partial charge on any atom is -0.478 e. The SMILES string of the molecule is COC1(C)CCCN(C(=O)c2ccccc2-c2ccccc2C(=O)O)CC1. The lowest BCUT2D eigenvalue weighted by Gasteiger charge is -2.27. The van der Waals surface area contributed by atoms with Crippen LogP contribution in [0.2, 0.25) is 0 Å². The summed E-state index contributed by atoms with van der Waals surface area (Å²) in [5.41, 5.74) is 1.74. The number of aromatic carboxylic acids is 1. The largest absolute Gasteiger partial charge is 0.478 e.